The van der Waals surface area contributed by atoms with Gasteiger partial charge in [0, 0.05) is 5.69 Å². The van der Waals surface area contributed by atoms with E-state index in [2.05, 4.69) is 25.9 Å². The fourth-order valence-corrected chi connectivity index (χ4v) is 3.03. The number of ether oxygens (including phenoxy) is 2. The predicted molar refractivity (Wildman–Crippen MR) is 105 cm³/mol. The van der Waals surface area contributed by atoms with Gasteiger partial charge in [0.1, 0.15) is 5.92 Å². The van der Waals surface area contributed by atoms with Gasteiger partial charge in [-0.2, -0.15) is 5.21 Å². The van der Waals surface area contributed by atoms with Gasteiger partial charge in [0.05, 0.1) is 14.2 Å². The van der Waals surface area contributed by atoms with Gasteiger partial charge < -0.3 is 14.8 Å². The summed E-state index contributed by atoms with van der Waals surface area (Å²) in [6.45, 7) is 2.05. The third-order valence-corrected chi connectivity index (χ3v) is 4.53. The van der Waals surface area contributed by atoms with Crippen molar-refractivity contribution >= 4 is 11.6 Å². The largest absolute Gasteiger partial charge is 0.493 e. The summed E-state index contributed by atoms with van der Waals surface area (Å²) in [5.41, 5.74) is 2.75. The molecule has 0 saturated carbocycles. The number of nitrogens with one attached hydrogen (secondary N) is 2. The molecular formula is C20H23N5O3. The number of carbonyl (C=O) groups excluding carboxylic acids is 1. The van der Waals surface area contributed by atoms with Crippen LogP contribution in [0.2, 0.25) is 0 Å². The molecule has 3 rings (SSSR count). The minimum atomic E-state index is -0.609. The number of nitrogens with zero attached hydrogens (tertiary/aromatic N) is 3. The highest BCUT2D eigenvalue weighted by atomic mass is 16.5. The average Bonchev–Trinajstić information content (AvgIpc) is 3.26. The van der Waals surface area contributed by atoms with Crippen molar-refractivity contribution in [1.29, 1.82) is 0 Å². The first-order valence-corrected chi connectivity index (χ1v) is 8.99. The Bertz CT molecular complexity index is 927. The Morgan fingerprint density at radius 2 is 1.93 bits per heavy atom. The highest BCUT2D eigenvalue weighted by Crippen LogP contribution is 2.30. The van der Waals surface area contributed by atoms with Crippen molar-refractivity contribution in [3.63, 3.8) is 0 Å². The van der Waals surface area contributed by atoms with Crippen molar-refractivity contribution in [3.05, 3.63) is 59.4 Å². The molecule has 1 heterocycles. The average molecular weight is 381 g/mol. The van der Waals surface area contributed by atoms with Gasteiger partial charge in [0.15, 0.2) is 17.3 Å². The van der Waals surface area contributed by atoms with Crippen LogP contribution in [0.1, 0.15) is 29.8 Å². The monoisotopic (exact) mass is 381 g/mol. The van der Waals surface area contributed by atoms with Crippen molar-refractivity contribution in [2.45, 2.75) is 25.7 Å². The summed E-state index contributed by atoms with van der Waals surface area (Å²) in [5.74, 6) is 0.757. The van der Waals surface area contributed by atoms with Gasteiger partial charge in [-0.1, -0.05) is 36.4 Å². The number of methoxy groups -OCH3 is 2. The first-order valence-electron chi connectivity index (χ1n) is 8.99. The SMILES string of the molecule is CCc1ccccc1NC(=O)[C@@H](Cc1ccc(OC)c(OC)c1)c1nn[nH]n1. The number of carbonyl (C=O) groups is 1. The molecule has 28 heavy (non-hydrogen) atoms. The van der Waals surface area contributed by atoms with Crippen LogP contribution in [0.4, 0.5) is 5.69 Å². The quantitative estimate of drug-likeness (QED) is 0.622. The summed E-state index contributed by atoms with van der Waals surface area (Å²) in [5, 5.41) is 17.1. The van der Waals surface area contributed by atoms with Gasteiger partial charge in [-0.05, 0) is 42.2 Å². The Kier molecular flexibility index (Phi) is 6.21. The number of H-pyrrole nitrogens is 1. The molecule has 1 atom stereocenters. The Morgan fingerprint density at radius 1 is 1.14 bits per heavy atom. The van der Waals surface area contributed by atoms with Crippen LogP contribution in [-0.2, 0) is 17.6 Å². The van der Waals surface area contributed by atoms with Crippen molar-refractivity contribution < 1.29 is 14.3 Å². The maximum absolute atomic E-state index is 13.1. The number of aryl methyl sites for hydroxylation is 1. The first-order chi connectivity index (χ1) is 13.7. The number of rotatable bonds is 8. The summed E-state index contributed by atoms with van der Waals surface area (Å²) in [6, 6.07) is 13.3. The standard InChI is InChI=1S/C20H23N5O3/c1-4-14-7-5-6-8-16(14)21-20(26)15(19-22-24-25-23-19)11-13-9-10-17(27-2)18(12-13)28-3/h5-10,12,15H,4,11H2,1-3H3,(H,21,26)(H,22,23,24,25)/t15-/m0/s1. The number of amides is 1. The van der Waals surface area contributed by atoms with Gasteiger partial charge >= 0.3 is 0 Å². The van der Waals surface area contributed by atoms with E-state index in [-0.39, 0.29) is 5.91 Å². The van der Waals surface area contributed by atoms with Crippen LogP contribution in [-0.4, -0.2) is 40.8 Å². The van der Waals surface area contributed by atoms with Crippen molar-refractivity contribution in [2.75, 3.05) is 19.5 Å². The lowest BCUT2D eigenvalue weighted by molar-refractivity contribution is -0.117. The molecular weight excluding hydrogens is 358 g/mol. The van der Waals surface area contributed by atoms with E-state index in [1.807, 2.05) is 49.4 Å². The molecule has 8 nitrogen and oxygen atoms in total. The number of aromatic amines is 1. The molecule has 1 aromatic heterocycles. The maximum Gasteiger partial charge on any atom is 0.235 e. The minimum absolute atomic E-state index is 0.197. The Hall–Kier alpha value is -3.42. The first kappa shape index (κ1) is 19.3. The number of para-hydroxylation sites is 1. The van der Waals surface area contributed by atoms with Crippen LogP contribution in [0.5, 0.6) is 11.5 Å². The van der Waals surface area contributed by atoms with E-state index >= 15 is 0 Å². The number of hydrogen-bond acceptors (Lipinski definition) is 6. The topological polar surface area (TPSA) is 102 Å². The molecule has 0 bridgehead atoms. The van der Waals surface area contributed by atoms with Crippen molar-refractivity contribution in [1.82, 2.24) is 20.6 Å². The molecule has 2 aromatic carbocycles. The molecule has 0 radical (unpaired) electrons. The van der Waals surface area contributed by atoms with E-state index in [1.54, 1.807) is 14.2 Å². The summed E-state index contributed by atoms with van der Waals surface area (Å²) in [6.07, 6.45) is 1.21. The van der Waals surface area contributed by atoms with Crippen LogP contribution < -0.4 is 14.8 Å². The second-order valence-corrected chi connectivity index (χ2v) is 6.22. The molecule has 0 aliphatic carbocycles. The van der Waals surface area contributed by atoms with E-state index in [0.29, 0.717) is 23.7 Å². The predicted octanol–water partition coefficient (Wildman–Crippen LogP) is 2.74. The van der Waals surface area contributed by atoms with Gasteiger partial charge in [-0.3, -0.25) is 4.79 Å². The van der Waals surface area contributed by atoms with Crippen LogP contribution in [0.25, 0.3) is 0 Å². The second kappa shape index (κ2) is 8.98. The zero-order valence-corrected chi connectivity index (χ0v) is 16.1. The lowest BCUT2D eigenvalue weighted by Gasteiger charge is -2.16. The normalized spacial score (nSPS) is 11.7. The lowest BCUT2D eigenvalue weighted by Crippen LogP contribution is -2.24. The zero-order valence-electron chi connectivity index (χ0n) is 16.1. The number of benzene rings is 2. The summed E-state index contributed by atoms with van der Waals surface area (Å²) in [7, 11) is 3.16. The number of hydrogen-bond donors (Lipinski definition) is 2. The van der Waals surface area contributed by atoms with Gasteiger partial charge in [0.25, 0.3) is 0 Å². The van der Waals surface area contributed by atoms with E-state index in [4.69, 9.17) is 9.47 Å². The molecule has 0 fully saturated rings. The highest BCUT2D eigenvalue weighted by molar-refractivity contribution is 5.96. The van der Waals surface area contributed by atoms with Gasteiger partial charge in [-0.25, -0.2) is 0 Å². The molecule has 0 unspecified atom stereocenters. The van der Waals surface area contributed by atoms with E-state index in [9.17, 15) is 4.79 Å². The Balaban J connectivity index is 1.87. The molecule has 2 N–H and O–H groups in total. The van der Waals surface area contributed by atoms with Gasteiger partial charge in [0.2, 0.25) is 5.91 Å². The van der Waals surface area contributed by atoms with Crippen LogP contribution in [0, 0.1) is 0 Å². The van der Waals surface area contributed by atoms with Crippen LogP contribution in [0.3, 0.4) is 0 Å². The maximum atomic E-state index is 13.1. The molecule has 1 amide bonds. The highest BCUT2D eigenvalue weighted by Gasteiger charge is 2.26. The number of anilines is 1. The smallest absolute Gasteiger partial charge is 0.235 e. The van der Waals surface area contributed by atoms with Crippen molar-refractivity contribution in [2.24, 2.45) is 0 Å². The molecule has 8 heteroatoms. The molecule has 0 saturated heterocycles. The minimum Gasteiger partial charge on any atom is -0.493 e. The summed E-state index contributed by atoms with van der Waals surface area (Å²) < 4.78 is 10.6. The number of aromatic nitrogens is 4. The third-order valence-electron chi connectivity index (χ3n) is 4.53. The zero-order chi connectivity index (χ0) is 19.9. The summed E-state index contributed by atoms with van der Waals surface area (Å²) in [4.78, 5) is 13.1. The van der Waals surface area contributed by atoms with Crippen LogP contribution in [0.15, 0.2) is 42.5 Å². The number of tetrazole rings is 1. The van der Waals surface area contributed by atoms with E-state index < -0.39 is 5.92 Å². The van der Waals surface area contributed by atoms with E-state index in [1.165, 1.54) is 0 Å². The molecule has 0 spiro atoms. The molecule has 146 valence electrons. The Labute approximate surface area is 163 Å². The molecule has 0 aliphatic heterocycles. The summed E-state index contributed by atoms with van der Waals surface area (Å²) >= 11 is 0. The molecule has 0 aliphatic rings. The third kappa shape index (κ3) is 4.28. The lowest BCUT2D eigenvalue weighted by atomic mass is 9.97. The van der Waals surface area contributed by atoms with Crippen molar-refractivity contribution in [3.8, 4) is 11.5 Å². The Morgan fingerprint density at radius 3 is 2.61 bits per heavy atom. The van der Waals surface area contributed by atoms with Gasteiger partial charge in [-0.15, -0.1) is 10.2 Å². The fraction of sp³-hybridized carbons (Fsp3) is 0.300. The van der Waals surface area contributed by atoms with E-state index in [0.717, 1.165) is 23.2 Å². The second-order valence-electron chi connectivity index (χ2n) is 6.22. The van der Waals surface area contributed by atoms with Crippen LogP contribution >= 0.6 is 0 Å². The fourth-order valence-electron chi connectivity index (χ4n) is 3.03. The molecule has 3 aromatic rings.